The summed E-state index contributed by atoms with van der Waals surface area (Å²) >= 11 is 0. The predicted molar refractivity (Wildman–Crippen MR) is 125 cm³/mol. The summed E-state index contributed by atoms with van der Waals surface area (Å²) in [6.07, 6.45) is 1.99. The number of aromatic nitrogens is 6. The van der Waals surface area contributed by atoms with Gasteiger partial charge in [-0.05, 0) is 71.4 Å². The van der Waals surface area contributed by atoms with Crippen LogP contribution < -0.4 is 5.32 Å². The highest BCUT2D eigenvalue weighted by atomic mass is 19.1. The van der Waals surface area contributed by atoms with E-state index in [9.17, 15) is 9.50 Å². The van der Waals surface area contributed by atoms with Gasteiger partial charge in [-0.1, -0.05) is 0 Å². The molecule has 2 N–H and O–H groups in total. The fourth-order valence-corrected chi connectivity index (χ4v) is 3.90. The summed E-state index contributed by atoms with van der Waals surface area (Å²) in [5.41, 5.74) is 5.21. The van der Waals surface area contributed by atoms with Gasteiger partial charge in [-0.25, -0.2) is 23.7 Å². The molecule has 0 unspecified atom stereocenters. The second-order valence-electron chi connectivity index (χ2n) is 8.87. The molecule has 4 rings (SSSR count). The van der Waals surface area contributed by atoms with Crippen LogP contribution in [0.3, 0.4) is 0 Å². The molecule has 0 aliphatic heterocycles. The van der Waals surface area contributed by atoms with Gasteiger partial charge in [0.25, 0.3) is 0 Å². The second-order valence-corrected chi connectivity index (χ2v) is 8.87. The van der Waals surface area contributed by atoms with Crippen LogP contribution in [0, 0.1) is 33.5 Å². The fraction of sp³-hybridized carbons (Fsp3) is 0.333. The molecule has 4 aromatic rings. The van der Waals surface area contributed by atoms with Crippen LogP contribution in [0.15, 0.2) is 36.7 Å². The lowest BCUT2D eigenvalue weighted by Crippen LogP contribution is -2.22. The van der Waals surface area contributed by atoms with Crippen molar-refractivity contribution in [2.75, 3.05) is 5.32 Å². The van der Waals surface area contributed by atoms with Gasteiger partial charge in [0.1, 0.15) is 18.0 Å². The third-order valence-electron chi connectivity index (χ3n) is 5.54. The molecule has 33 heavy (non-hydrogen) atoms. The van der Waals surface area contributed by atoms with Crippen molar-refractivity contribution in [2.45, 2.75) is 53.6 Å². The van der Waals surface area contributed by atoms with Crippen LogP contribution in [0.4, 0.5) is 15.9 Å². The number of aryl methyl sites for hydroxylation is 2. The number of nitrogens with zero attached hydrogens (tertiary/aromatic N) is 6. The van der Waals surface area contributed by atoms with Crippen molar-refractivity contribution in [3.63, 3.8) is 0 Å². The first-order valence-corrected chi connectivity index (χ1v) is 10.7. The van der Waals surface area contributed by atoms with Crippen molar-refractivity contribution in [1.29, 1.82) is 0 Å². The Kier molecular flexibility index (Phi) is 5.75. The van der Waals surface area contributed by atoms with E-state index in [1.807, 2.05) is 33.8 Å². The number of benzene rings is 1. The number of hydrogen-bond acceptors (Lipinski definition) is 6. The first-order valence-electron chi connectivity index (χ1n) is 10.7. The normalized spacial score (nSPS) is 11.8. The topological polar surface area (TPSA) is 93.7 Å². The molecule has 3 heterocycles. The summed E-state index contributed by atoms with van der Waals surface area (Å²) in [5.74, 6) is 0.930. The lowest BCUT2D eigenvalue weighted by atomic mass is 9.97. The van der Waals surface area contributed by atoms with Crippen LogP contribution in [0.5, 0.6) is 0 Å². The zero-order valence-corrected chi connectivity index (χ0v) is 19.7. The van der Waals surface area contributed by atoms with Gasteiger partial charge in [-0.2, -0.15) is 10.2 Å². The summed E-state index contributed by atoms with van der Waals surface area (Å²) in [5, 5.41) is 22.8. The van der Waals surface area contributed by atoms with Crippen molar-refractivity contribution in [1.82, 2.24) is 29.5 Å². The number of aliphatic hydroxyl groups is 1. The summed E-state index contributed by atoms with van der Waals surface area (Å²) in [6.45, 7) is 11.3. The van der Waals surface area contributed by atoms with Gasteiger partial charge in [0.15, 0.2) is 5.82 Å². The van der Waals surface area contributed by atoms with Crippen LogP contribution in [-0.4, -0.2) is 40.2 Å². The SMILES string of the molecule is Cc1nn(-c2cc(Nc3c(C)nn(-c4ccc(F)cc4)c3C)ncn2)c(C)c1CC(C)(C)O. The second kappa shape index (κ2) is 8.40. The van der Waals surface area contributed by atoms with E-state index >= 15 is 0 Å². The van der Waals surface area contributed by atoms with E-state index in [0.717, 1.165) is 39.7 Å². The largest absolute Gasteiger partial charge is 0.390 e. The van der Waals surface area contributed by atoms with E-state index < -0.39 is 5.60 Å². The van der Waals surface area contributed by atoms with Crippen LogP contribution >= 0.6 is 0 Å². The minimum absolute atomic E-state index is 0.290. The molecular weight excluding hydrogens is 421 g/mol. The Morgan fingerprint density at radius 3 is 2.27 bits per heavy atom. The van der Waals surface area contributed by atoms with Gasteiger partial charge < -0.3 is 10.4 Å². The first-order chi connectivity index (χ1) is 15.5. The molecule has 0 atom stereocenters. The van der Waals surface area contributed by atoms with Gasteiger partial charge in [-0.3, -0.25) is 0 Å². The summed E-state index contributed by atoms with van der Waals surface area (Å²) in [4.78, 5) is 8.76. The maximum absolute atomic E-state index is 13.3. The quantitative estimate of drug-likeness (QED) is 0.456. The first kappa shape index (κ1) is 22.6. The highest BCUT2D eigenvalue weighted by Crippen LogP contribution is 2.27. The standard InChI is InChI=1S/C24H28FN7O/c1-14-20(12-24(5,6)33)16(3)32(29-14)22-11-21(26-13-27-22)28-23-15(2)30-31(17(23)4)19-9-7-18(25)8-10-19/h7-11,13,33H,12H2,1-6H3,(H,26,27,28). The van der Waals surface area contributed by atoms with E-state index in [1.165, 1.54) is 18.5 Å². The van der Waals surface area contributed by atoms with Crippen molar-refractivity contribution in [2.24, 2.45) is 0 Å². The molecule has 0 saturated heterocycles. The lowest BCUT2D eigenvalue weighted by Gasteiger charge is -2.17. The molecule has 3 aromatic heterocycles. The van der Waals surface area contributed by atoms with Crippen molar-refractivity contribution in [3.8, 4) is 11.5 Å². The molecule has 0 spiro atoms. The highest BCUT2D eigenvalue weighted by Gasteiger charge is 2.21. The number of hydrogen-bond donors (Lipinski definition) is 2. The smallest absolute Gasteiger partial charge is 0.159 e. The molecule has 0 saturated carbocycles. The average Bonchev–Trinajstić information content (AvgIpc) is 3.18. The Bertz CT molecular complexity index is 1300. The Hall–Kier alpha value is -3.59. The third-order valence-corrected chi connectivity index (χ3v) is 5.54. The summed E-state index contributed by atoms with van der Waals surface area (Å²) < 4.78 is 16.8. The minimum atomic E-state index is -0.832. The van der Waals surface area contributed by atoms with Crippen molar-refractivity contribution in [3.05, 3.63) is 70.8 Å². The van der Waals surface area contributed by atoms with Gasteiger partial charge in [-0.15, -0.1) is 0 Å². The Balaban J connectivity index is 1.65. The maximum atomic E-state index is 13.3. The molecular formula is C24H28FN7O. The Labute approximate surface area is 192 Å². The summed E-state index contributed by atoms with van der Waals surface area (Å²) in [6, 6.07) is 8.03. The molecule has 0 amide bonds. The fourth-order valence-electron chi connectivity index (χ4n) is 3.90. The van der Waals surface area contributed by atoms with Gasteiger partial charge in [0.2, 0.25) is 0 Å². The molecule has 0 fully saturated rings. The predicted octanol–water partition coefficient (Wildman–Crippen LogP) is 4.28. The monoisotopic (exact) mass is 449 g/mol. The zero-order valence-electron chi connectivity index (χ0n) is 19.7. The van der Waals surface area contributed by atoms with Crippen LogP contribution in [0.1, 0.15) is 42.2 Å². The van der Waals surface area contributed by atoms with Gasteiger partial charge in [0, 0.05) is 18.2 Å². The summed E-state index contributed by atoms with van der Waals surface area (Å²) in [7, 11) is 0. The molecule has 172 valence electrons. The van der Waals surface area contributed by atoms with Crippen LogP contribution in [0.2, 0.25) is 0 Å². The van der Waals surface area contributed by atoms with E-state index in [4.69, 9.17) is 0 Å². The van der Waals surface area contributed by atoms with Crippen molar-refractivity contribution < 1.29 is 9.50 Å². The number of rotatable bonds is 6. The Morgan fingerprint density at radius 2 is 1.61 bits per heavy atom. The van der Waals surface area contributed by atoms with Crippen LogP contribution in [-0.2, 0) is 6.42 Å². The zero-order chi connectivity index (χ0) is 23.9. The third kappa shape index (κ3) is 4.63. The number of anilines is 2. The molecule has 0 bridgehead atoms. The molecule has 0 aliphatic carbocycles. The lowest BCUT2D eigenvalue weighted by molar-refractivity contribution is 0.0806. The van der Waals surface area contributed by atoms with Crippen LogP contribution in [0.25, 0.3) is 11.5 Å². The molecule has 0 aliphatic rings. The van der Waals surface area contributed by atoms with E-state index in [0.29, 0.717) is 18.1 Å². The number of nitrogens with one attached hydrogen (secondary N) is 1. The Morgan fingerprint density at radius 1 is 0.939 bits per heavy atom. The molecule has 9 heteroatoms. The number of halogens is 1. The van der Waals surface area contributed by atoms with Crippen molar-refractivity contribution >= 4 is 11.5 Å². The molecule has 0 radical (unpaired) electrons. The molecule has 8 nitrogen and oxygen atoms in total. The van der Waals surface area contributed by atoms with E-state index in [1.54, 1.807) is 35.3 Å². The average molecular weight is 450 g/mol. The van der Waals surface area contributed by atoms with E-state index in [2.05, 4.69) is 25.5 Å². The van der Waals surface area contributed by atoms with E-state index in [-0.39, 0.29) is 5.82 Å². The highest BCUT2D eigenvalue weighted by molar-refractivity contribution is 5.63. The van der Waals surface area contributed by atoms with Gasteiger partial charge in [0.05, 0.1) is 34.1 Å². The molecule has 1 aromatic carbocycles. The minimum Gasteiger partial charge on any atom is -0.390 e. The van der Waals surface area contributed by atoms with Gasteiger partial charge >= 0.3 is 0 Å². The maximum Gasteiger partial charge on any atom is 0.159 e.